The number of sulfonamides is 1. The van der Waals surface area contributed by atoms with E-state index in [1.165, 1.54) is 34.6 Å². The lowest BCUT2D eigenvalue weighted by Crippen LogP contribution is -2.40. The quantitative estimate of drug-likeness (QED) is 0.782. The van der Waals surface area contributed by atoms with Gasteiger partial charge in [0, 0.05) is 36.2 Å². The maximum Gasteiger partial charge on any atom is 0.251 e. The number of hydrogen-bond acceptors (Lipinski definition) is 4. The van der Waals surface area contributed by atoms with E-state index in [1.54, 1.807) is 13.0 Å². The van der Waals surface area contributed by atoms with E-state index in [9.17, 15) is 22.0 Å². The second-order valence-corrected chi connectivity index (χ2v) is 9.49. The standard InChI is InChI=1S/C21H22F2N2O4S/c1-13-5-6-14(30(27,28)25-7-9-29-10-8-25)11-15(13)21(26)24-19-12-16(19)20-17(22)3-2-4-18(20)23/h2-6,11,16,19H,7-10,12H2,1H3,(H,24,26). The molecule has 2 aromatic carbocycles. The summed E-state index contributed by atoms with van der Waals surface area (Å²) in [5.74, 6) is -2.16. The zero-order valence-electron chi connectivity index (χ0n) is 16.4. The number of amides is 1. The minimum absolute atomic E-state index is 0.0248. The van der Waals surface area contributed by atoms with Crippen molar-refractivity contribution in [3.63, 3.8) is 0 Å². The molecule has 9 heteroatoms. The third-order valence-corrected chi connectivity index (χ3v) is 7.43. The van der Waals surface area contributed by atoms with E-state index in [4.69, 9.17) is 4.74 Å². The number of benzene rings is 2. The summed E-state index contributed by atoms with van der Waals surface area (Å²) in [5, 5.41) is 2.77. The van der Waals surface area contributed by atoms with Crippen LogP contribution in [0.25, 0.3) is 0 Å². The fourth-order valence-electron chi connectivity index (χ4n) is 3.73. The molecule has 1 N–H and O–H groups in total. The SMILES string of the molecule is Cc1ccc(S(=O)(=O)N2CCOCC2)cc1C(=O)NC1CC1c1c(F)cccc1F. The summed E-state index contributed by atoms with van der Waals surface area (Å²) in [6.07, 6.45) is 0.425. The predicted octanol–water partition coefficient (Wildman–Crippen LogP) is 2.58. The van der Waals surface area contributed by atoms with E-state index in [0.29, 0.717) is 25.2 Å². The van der Waals surface area contributed by atoms with Gasteiger partial charge in [-0.3, -0.25) is 4.79 Å². The molecule has 0 bridgehead atoms. The van der Waals surface area contributed by atoms with E-state index in [1.807, 2.05) is 0 Å². The van der Waals surface area contributed by atoms with Crippen molar-refractivity contribution < 1.29 is 26.7 Å². The Morgan fingerprint density at radius 3 is 2.47 bits per heavy atom. The number of halogens is 2. The van der Waals surface area contributed by atoms with E-state index in [-0.39, 0.29) is 29.1 Å². The molecule has 2 fully saturated rings. The second kappa shape index (κ2) is 8.05. The van der Waals surface area contributed by atoms with Gasteiger partial charge in [-0.2, -0.15) is 4.31 Å². The molecular formula is C21H22F2N2O4S. The van der Waals surface area contributed by atoms with Crippen molar-refractivity contribution in [3.05, 3.63) is 64.7 Å². The van der Waals surface area contributed by atoms with Crippen LogP contribution in [0.15, 0.2) is 41.3 Å². The zero-order valence-corrected chi connectivity index (χ0v) is 17.2. The van der Waals surface area contributed by atoms with Crippen LogP contribution in [-0.4, -0.2) is 51.0 Å². The van der Waals surface area contributed by atoms with Crippen molar-refractivity contribution in [1.29, 1.82) is 0 Å². The summed E-state index contributed by atoms with van der Waals surface area (Å²) in [5.41, 5.74) is 0.815. The topological polar surface area (TPSA) is 75.7 Å². The number of carbonyl (C=O) groups is 1. The normalized spacial score (nSPS) is 22.0. The van der Waals surface area contributed by atoms with Gasteiger partial charge >= 0.3 is 0 Å². The Bertz CT molecular complexity index is 1060. The van der Waals surface area contributed by atoms with Crippen LogP contribution in [0.5, 0.6) is 0 Å². The van der Waals surface area contributed by atoms with Crippen LogP contribution in [0.1, 0.15) is 33.8 Å². The lowest BCUT2D eigenvalue weighted by atomic mass is 10.1. The van der Waals surface area contributed by atoms with Crippen LogP contribution in [0.3, 0.4) is 0 Å². The molecule has 1 amide bonds. The van der Waals surface area contributed by atoms with Crippen molar-refractivity contribution in [3.8, 4) is 0 Å². The molecule has 2 aromatic rings. The van der Waals surface area contributed by atoms with Gasteiger partial charge in [0.1, 0.15) is 11.6 Å². The van der Waals surface area contributed by atoms with Gasteiger partial charge in [-0.05, 0) is 43.2 Å². The van der Waals surface area contributed by atoms with Gasteiger partial charge in [-0.15, -0.1) is 0 Å². The van der Waals surface area contributed by atoms with Crippen molar-refractivity contribution in [1.82, 2.24) is 9.62 Å². The third-order valence-electron chi connectivity index (χ3n) is 5.54. The minimum atomic E-state index is -3.74. The number of hydrogen-bond donors (Lipinski definition) is 1. The third kappa shape index (κ3) is 3.97. The van der Waals surface area contributed by atoms with Crippen LogP contribution in [0, 0.1) is 18.6 Å². The first kappa shape index (κ1) is 20.9. The fourth-order valence-corrected chi connectivity index (χ4v) is 5.16. The van der Waals surface area contributed by atoms with E-state index in [2.05, 4.69) is 5.32 Å². The van der Waals surface area contributed by atoms with Gasteiger partial charge < -0.3 is 10.1 Å². The highest BCUT2D eigenvalue weighted by atomic mass is 32.2. The predicted molar refractivity (Wildman–Crippen MR) is 106 cm³/mol. The molecule has 1 saturated carbocycles. The molecule has 2 atom stereocenters. The van der Waals surface area contributed by atoms with Crippen LogP contribution < -0.4 is 5.32 Å². The minimum Gasteiger partial charge on any atom is -0.379 e. The molecule has 0 radical (unpaired) electrons. The maximum atomic E-state index is 14.0. The Morgan fingerprint density at radius 2 is 1.80 bits per heavy atom. The first-order chi connectivity index (χ1) is 14.3. The largest absolute Gasteiger partial charge is 0.379 e. The van der Waals surface area contributed by atoms with Crippen LogP contribution in [0.4, 0.5) is 8.78 Å². The smallest absolute Gasteiger partial charge is 0.251 e. The molecule has 2 unspecified atom stereocenters. The summed E-state index contributed by atoms with van der Waals surface area (Å²) >= 11 is 0. The van der Waals surface area contributed by atoms with Crippen LogP contribution in [-0.2, 0) is 14.8 Å². The summed E-state index contributed by atoms with van der Waals surface area (Å²) in [4.78, 5) is 12.8. The number of carbonyl (C=O) groups excluding carboxylic acids is 1. The molecule has 1 heterocycles. The van der Waals surface area contributed by atoms with Crippen LogP contribution >= 0.6 is 0 Å². The average Bonchev–Trinajstić information content (AvgIpc) is 3.47. The molecule has 1 aliphatic carbocycles. The molecule has 2 aliphatic rings. The van der Waals surface area contributed by atoms with Gasteiger partial charge in [0.15, 0.2) is 0 Å². The zero-order chi connectivity index (χ0) is 21.5. The Morgan fingerprint density at radius 1 is 1.13 bits per heavy atom. The fraction of sp³-hybridized carbons (Fsp3) is 0.381. The molecule has 1 saturated heterocycles. The number of aryl methyl sites for hydroxylation is 1. The number of ether oxygens (including phenoxy) is 1. The van der Waals surface area contributed by atoms with Crippen molar-refractivity contribution in [2.24, 2.45) is 0 Å². The molecule has 160 valence electrons. The molecule has 30 heavy (non-hydrogen) atoms. The highest BCUT2D eigenvalue weighted by Crippen LogP contribution is 2.43. The Balaban J connectivity index is 1.52. The second-order valence-electron chi connectivity index (χ2n) is 7.55. The summed E-state index contributed by atoms with van der Waals surface area (Å²) < 4.78 is 60.2. The number of morpholine rings is 1. The molecule has 0 spiro atoms. The van der Waals surface area contributed by atoms with Gasteiger partial charge in [-0.1, -0.05) is 12.1 Å². The molecular weight excluding hydrogens is 414 g/mol. The van der Waals surface area contributed by atoms with E-state index >= 15 is 0 Å². The summed E-state index contributed by atoms with van der Waals surface area (Å²) in [6.45, 7) is 2.88. The maximum absolute atomic E-state index is 14.0. The number of nitrogens with zero attached hydrogens (tertiary/aromatic N) is 1. The monoisotopic (exact) mass is 436 g/mol. The van der Waals surface area contributed by atoms with E-state index in [0.717, 1.165) is 0 Å². The first-order valence-electron chi connectivity index (χ1n) is 9.72. The Labute approximate surface area is 173 Å². The van der Waals surface area contributed by atoms with Crippen molar-refractivity contribution in [2.75, 3.05) is 26.3 Å². The van der Waals surface area contributed by atoms with Crippen molar-refractivity contribution >= 4 is 15.9 Å². The van der Waals surface area contributed by atoms with Crippen LogP contribution in [0.2, 0.25) is 0 Å². The molecule has 6 nitrogen and oxygen atoms in total. The van der Waals surface area contributed by atoms with Gasteiger partial charge in [0.25, 0.3) is 5.91 Å². The lowest BCUT2D eigenvalue weighted by molar-refractivity contribution is 0.0730. The first-order valence-corrected chi connectivity index (χ1v) is 11.2. The molecule has 4 rings (SSSR count). The Hall–Kier alpha value is -2.36. The van der Waals surface area contributed by atoms with E-state index < -0.39 is 39.5 Å². The number of rotatable bonds is 5. The summed E-state index contributed by atoms with van der Waals surface area (Å²) in [6, 6.07) is 7.71. The van der Waals surface area contributed by atoms with Gasteiger partial charge in [0.05, 0.1) is 18.1 Å². The Kier molecular flexibility index (Phi) is 5.61. The van der Waals surface area contributed by atoms with Gasteiger partial charge in [0.2, 0.25) is 10.0 Å². The molecule has 1 aliphatic heterocycles. The lowest BCUT2D eigenvalue weighted by Gasteiger charge is -2.26. The average molecular weight is 436 g/mol. The number of nitrogens with one attached hydrogen (secondary N) is 1. The summed E-state index contributed by atoms with van der Waals surface area (Å²) in [7, 11) is -3.74. The van der Waals surface area contributed by atoms with Crippen molar-refractivity contribution in [2.45, 2.75) is 30.2 Å². The molecule has 0 aromatic heterocycles. The highest BCUT2D eigenvalue weighted by Gasteiger charge is 2.43. The van der Waals surface area contributed by atoms with Gasteiger partial charge in [-0.25, -0.2) is 17.2 Å². The highest BCUT2D eigenvalue weighted by molar-refractivity contribution is 7.89.